The number of rotatable bonds is 1. The molecule has 0 aliphatic carbocycles. The summed E-state index contributed by atoms with van der Waals surface area (Å²) >= 11 is 0. The molecule has 0 radical (unpaired) electrons. The first-order valence-corrected chi connectivity index (χ1v) is 2.75. The molecule has 1 N–H and O–H groups in total. The number of hydrogen-bond donors (Lipinski definition) is 1. The van der Waals surface area contributed by atoms with Gasteiger partial charge in [-0.3, -0.25) is 4.89 Å². The maximum absolute atomic E-state index is 10.5. The van der Waals surface area contributed by atoms with Crippen LogP contribution in [0.25, 0.3) is 0 Å². The van der Waals surface area contributed by atoms with E-state index in [1.54, 1.807) is 30.3 Å². The molecule has 0 aliphatic heterocycles. The molecule has 11 heavy (non-hydrogen) atoms. The first-order chi connectivity index (χ1) is 4.84. The van der Waals surface area contributed by atoms with Crippen LogP contribution in [0.15, 0.2) is 30.3 Å². The van der Waals surface area contributed by atoms with Crippen LogP contribution >= 0.6 is 0 Å². The van der Waals surface area contributed by atoms with E-state index in [2.05, 4.69) is 4.89 Å². The van der Waals surface area contributed by atoms with Crippen molar-refractivity contribution in [2.45, 2.75) is 0 Å². The molecular formula is C7H6HgO3. The van der Waals surface area contributed by atoms with Crippen LogP contribution < -0.4 is 0 Å². The maximum atomic E-state index is 10.5. The third-order valence-corrected chi connectivity index (χ3v) is 1.09. The third-order valence-electron chi connectivity index (χ3n) is 1.09. The molecule has 4 heteroatoms. The molecule has 0 bridgehead atoms. The molecule has 0 saturated carbocycles. The SMILES string of the molecule is O=C(OO)c1ccccc1.[Hg]. The third kappa shape index (κ3) is 2.99. The Morgan fingerprint density at radius 3 is 2.27 bits per heavy atom. The second kappa shape index (κ2) is 5.26. The average molecular weight is 339 g/mol. The second-order valence-electron chi connectivity index (χ2n) is 1.74. The summed E-state index contributed by atoms with van der Waals surface area (Å²) in [5.74, 6) is -0.736. The maximum Gasteiger partial charge on any atom is 0.372 e. The molecular weight excluding hydrogens is 333 g/mol. The summed E-state index contributed by atoms with van der Waals surface area (Å²) in [6, 6.07) is 8.25. The molecule has 1 rings (SSSR count). The van der Waals surface area contributed by atoms with Crippen LogP contribution in [0.2, 0.25) is 0 Å². The molecule has 54 valence electrons. The van der Waals surface area contributed by atoms with Crippen molar-refractivity contribution in [3.8, 4) is 0 Å². The molecule has 0 fully saturated rings. The van der Waals surface area contributed by atoms with Gasteiger partial charge >= 0.3 is 5.97 Å². The molecule has 0 spiro atoms. The van der Waals surface area contributed by atoms with Gasteiger partial charge in [-0.2, -0.15) is 5.26 Å². The topological polar surface area (TPSA) is 46.5 Å². The molecule has 0 unspecified atom stereocenters. The van der Waals surface area contributed by atoms with Crippen LogP contribution in [0.3, 0.4) is 0 Å². The van der Waals surface area contributed by atoms with Crippen LogP contribution in [0, 0.1) is 0 Å². The Bertz CT molecular complexity index is 222. The van der Waals surface area contributed by atoms with E-state index in [4.69, 9.17) is 5.26 Å². The zero-order chi connectivity index (χ0) is 7.40. The Labute approximate surface area is 84.4 Å². The monoisotopic (exact) mass is 340 g/mol. The van der Waals surface area contributed by atoms with E-state index >= 15 is 0 Å². The minimum absolute atomic E-state index is 0. The van der Waals surface area contributed by atoms with E-state index in [0.29, 0.717) is 5.56 Å². The van der Waals surface area contributed by atoms with Crippen molar-refractivity contribution >= 4 is 5.97 Å². The van der Waals surface area contributed by atoms with Crippen molar-refractivity contribution in [1.29, 1.82) is 0 Å². The Morgan fingerprint density at radius 1 is 1.27 bits per heavy atom. The van der Waals surface area contributed by atoms with Gasteiger partial charge in [0.25, 0.3) is 0 Å². The van der Waals surface area contributed by atoms with Crippen molar-refractivity contribution < 1.29 is 42.6 Å². The summed E-state index contributed by atoms with van der Waals surface area (Å²) in [7, 11) is 0. The van der Waals surface area contributed by atoms with Gasteiger partial charge in [0.1, 0.15) is 0 Å². The van der Waals surface area contributed by atoms with Crippen LogP contribution in [-0.2, 0) is 32.6 Å². The zero-order valence-electron chi connectivity index (χ0n) is 5.86. The van der Waals surface area contributed by atoms with Gasteiger partial charge in [-0.25, -0.2) is 4.79 Å². The number of carbonyl (C=O) groups excluding carboxylic acids is 1. The minimum atomic E-state index is -0.736. The number of carbonyl (C=O) groups is 1. The van der Waals surface area contributed by atoms with Crippen LogP contribution in [0.1, 0.15) is 10.4 Å². The van der Waals surface area contributed by atoms with Crippen LogP contribution in [0.4, 0.5) is 0 Å². The largest absolute Gasteiger partial charge is 0.372 e. The Morgan fingerprint density at radius 2 is 1.82 bits per heavy atom. The molecule has 0 aliphatic rings. The fourth-order valence-electron chi connectivity index (χ4n) is 0.627. The molecule has 3 nitrogen and oxygen atoms in total. The Hall–Kier alpha value is -0.415. The fraction of sp³-hybridized carbons (Fsp3) is 0. The van der Waals surface area contributed by atoms with Gasteiger partial charge in [-0.15, -0.1) is 0 Å². The van der Waals surface area contributed by atoms with Crippen LogP contribution in [0.5, 0.6) is 0 Å². The first-order valence-electron chi connectivity index (χ1n) is 2.75. The van der Waals surface area contributed by atoms with Gasteiger partial charge in [-0.05, 0) is 12.1 Å². The van der Waals surface area contributed by atoms with Gasteiger partial charge in [0.15, 0.2) is 0 Å². The summed E-state index contributed by atoms with van der Waals surface area (Å²) in [6.07, 6.45) is 0. The van der Waals surface area contributed by atoms with Crippen molar-refractivity contribution in [2.75, 3.05) is 0 Å². The van der Waals surface area contributed by atoms with Crippen molar-refractivity contribution in [3.63, 3.8) is 0 Å². The summed E-state index contributed by atoms with van der Waals surface area (Å²) in [6.45, 7) is 0. The molecule has 0 atom stereocenters. The second-order valence-corrected chi connectivity index (χ2v) is 1.74. The van der Waals surface area contributed by atoms with E-state index in [9.17, 15) is 4.79 Å². The predicted molar refractivity (Wildman–Crippen MR) is 34.5 cm³/mol. The smallest absolute Gasteiger partial charge is 0.296 e. The zero-order valence-corrected chi connectivity index (χ0v) is 11.4. The summed E-state index contributed by atoms with van der Waals surface area (Å²) in [5.41, 5.74) is 0.338. The van der Waals surface area contributed by atoms with Gasteiger partial charge in [0, 0.05) is 27.7 Å². The van der Waals surface area contributed by atoms with Crippen molar-refractivity contribution in [3.05, 3.63) is 35.9 Å². The van der Waals surface area contributed by atoms with E-state index < -0.39 is 5.97 Å². The summed E-state index contributed by atoms with van der Waals surface area (Å²) < 4.78 is 0. The van der Waals surface area contributed by atoms with Gasteiger partial charge in [0.2, 0.25) is 0 Å². The normalized spacial score (nSPS) is 8.09. The predicted octanol–water partition coefficient (Wildman–Crippen LogP) is 1.31. The average Bonchev–Trinajstić information content (AvgIpc) is 2.05. The standard InChI is InChI=1S/C7H6O3.Hg/c8-7(10-9)6-4-2-1-3-5-6;/h1-5,9H;. The Balaban J connectivity index is 0.000001000. The molecule has 1 aromatic rings. The Kier molecular flexibility index (Phi) is 5.07. The summed E-state index contributed by atoms with van der Waals surface area (Å²) in [4.78, 5) is 14.0. The molecule has 0 amide bonds. The van der Waals surface area contributed by atoms with E-state index in [-0.39, 0.29) is 27.7 Å². The van der Waals surface area contributed by atoms with Gasteiger partial charge in [-0.1, -0.05) is 18.2 Å². The quantitative estimate of drug-likeness (QED) is 0.477. The van der Waals surface area contributed by atoms with E-state index in [0.717, 1.165) is 0 Å². The number of hydrogen-bond acceptors (Lipinski definition) is 3. The molecule has 0 heterocycles. The minimum Gasteiger partial charge on any atom is -0.296 e. The number of benzene rings is 1. The first kappa shape index (κ1) is 10.6. The van der Waals surface area contributed by atoms with E-state index in [1.807, 2.05) is 0 Å². The summed E-state index contributed by atoms with van der Waals surface area (Å²) in [5, 5.41) is 7.94. The van der Waals surface area contributed by atoms with Crippen molar-refractivity contribution in [1.82, 2.24) is 0 Å². The van der Waals surface area contributed by atoms with Crippen molar-refractivity contribution in [2.24, 2.45) is 0 Å². The van der Waals surface area contributed by atoms with Crippen LogP contribution in [-0.4, -0.2) is 11.2 Å². The molecule has 0 aromatic heterocycles. The van der Waals surface area contributed by atoms with E-state index in [1.165, 1.54) is 0 Å². The molecule has 1 aromatic carbocycles. The van der Waals surface area contributed by atoms with Gasteiger partial charge < -0.3 is 0 Å². The molecule has 0 saturated heterocycles. The fourth-order valence-corrected chi connectivity index (χ4v) is 0.627. The van der Waals surface area contributed by atoms with Gasteiger partial charge in [0.05, 0.1) is 5.56 Å².